The smallest absolute Gasteiger partial charge is 0.257 e. The Morgan fingerprint density at radius 2 is 2.50 bits per heavy atom. The molecule has 1 aromatic heterocycles. The predicted molar refractivity (Wildman–Crippen MR) is 62.3 cm³/mol. The third-order valence-corrected chi connectivity index (χ3v) is 2.75. The van der Waals surface area contributed by atoms with Crippen LogP contribution < -0.4 is 5.73 Å². The summed E-state index contributed by atoms with van der Waals surface area (Å²) in [5, 5.41) is 15.4. The van der Waals surface area contributed by atoms with Gasteiger partial charge in [-0.05, 0) is 0 Å². The molecule has 1 amide bonds. The minimum Gasteiger partial charge on any atom is -0.409 e. The van der Waals surface area contributed by atoms with Crippen molar-refractivity contribution in [1.29, 1.82) is 0 Å². The Kier molecular flexibility index (Phi) is 3.47. The minimum atomic E-state index is -0.565. The molecule has 1 fully saturated rings. The topological polar surface area (TPSA) is 106 Å². The van der Waals surface area contributed by atoms with Crippen molar-refractivity contribution in [2.24, 2.45) is 17.9 Å². The molecule has 2 rings (SSSR count). The zero-order valence-electron chi connectivity index (χ0n) is 9.98. The molecule has 2 heterocycles. The van der Waals surface area contributed by atoms with Crippen molar-refractivity contribution in [2.75, 3.05) is 19.7 Å². The van der Waals surface area contributed by atoms with Crippen LogP contribution >= 0.6 is 0 Å². The average molecular weight is 253 g/mol. The van der Waals surface area contributed by atoms with E-state index in [2.05, 4.69) is 10.3 Å². The first kappa shape index (κ1) is 12.4. The molecule has 0 bridgehead atoms. The van der Waals surface area contributed by atoms with Gasteiger partial charge in [0.25, 0.3) is 5.91 Å². The maximum atomic E-state index is 12.1. The molecule has 1 aliphatic rings. The van der Waals surface area contributed by atoms with Gasteiger partial charge in [0.2, 0.25) is 0 Å². The zero-order valence-corrected chi connectivity index (χ0v) is 9.98. The van der Waals surface area contributed by atoms with Gasteiger partial charge in [-0.25, -0.2) is 0 Å². The highest BCUT2D eigenvalue weighted by Crippen LogP contribution is 2.10. The van der Waals surface area contributed by atoms with Gasteiger partial charge in [-0.2, -0.15) is 5.10 Å². The van der Waals surface area contributed by atoms with Crippen LogP contribution in [-0.2, 0) is 11.8 Å². The summed E-state index contributed by atoms with van der Waals surface area (Å²) in [6.45, 7) is 1.10. The number of oxime groups is 1. The van der Waals surface area contributed by atoms with Gasteiger partial charge in [-0.15, -0.1) is 0 Å². The molecule has 0 saturated carbocycles. The Morgan fingerprint density at radius 1 is 1.72 bits per heavy atom. The van der Waals surface area contributed by atoms with E-state index in [1.807, 2.05) is 0 Å². The monoisotopic (exact) mass is 253 g/mol. The van der Waals surface area contributed by atoms with E-state index in [-0.39, 0.29) is 18.3 Å². The predicted octanol–water partition coefficient (Wildman–Crippen LogP) is -0.992. The lowest BCUT2D eigenvalue weighted by Crippen LogP contribution is -2.50. The van der Waals surface area contributed by atoms with Crippen LogP contribution in [0.25, 0.3) is 0 Å². The van der Waals surface area contributed by atoms with Crippen LogP contribution in [0.5, 0.6) is 0 Å². The van der Waals surface area contributed by atoms with Gasteiger partial charge in [0.1, 0.15) is 6.10 Å². The molecular formula is C10H15N5O3. The average Bonchev–Trinajstić information content (AvgIpc) is 2.83. The second-order valence-corrected chi connectivity index (χ2v) is 4.04. The van der Waals surface area contributed by atoms with Crippen LogP contribution in [-0.4, -0.2) is 57.4 Å². The number of morpholine rings is 1. The number of carbonyl (C=O) groups excluding carboxylic acids is 1. The van der Waals surface area contributed by atoms with Crippen molar-refractivity contribution >= 4 is 11.7 Å². The van der Waals surface area contributed by atoms with Crippen LogP contribution in [0.4, 0.5) is 0 Å². The van der Waals surface area contributed by atoms with Gasteiger partial charge < -0.3 is 20.6 Å². The Morgan fingerprint density at radius 3 is 3.11 bits per heavy atom. The molecular weight excluding hydrogens is 238 g/mol. The van der Waals surface area contributed by atoms with Gasteiger partial charge in [0, 0.05) is 19.8 Å². The third-order valence-electron chi connectivity index (χ3n) is 2.75. The number of amides is 1. The minimum absolute atomic E-state index is 0.0290. The first-order valence-electron chi connectivity index (χ1n) is 5.48. The second kappa shape index (κ2) is 5.05. The largest absolute Gasteiger partial charge is 0.409 e. The van der Waals surface area contributed by atoms with Crippen molar-refractivity contribution in [1.82, 2.24) is 14.7 Å². The van der Waals surface area contributed by atoms with Crippen molar-refractivity contribution in [3.63, 3.8) is 0 Å². The molecule has 0 spiro atoms. The van der Waals surface area contributed by atoms with E-state index in [0.29, 0.717) is 18.7 Å². The van der Waals surface area contributed by atoms with Gasteiger partial charge in [-0.3, -0.25) is 9.48 Å². The van der Waals surface area contributed by atoms with Crippen LogP contribution in [0.15, 0.2) is 17.5 Å². The first-order valence-corrected chi connectivity index (χ1v) is 5.48. The van der Waals surface area contributed by atoms with Gasteiger partial charge >= 0.3 is 0 Å². The number of aromatic nitrogens is 2. The molecule has 1 saturated heterocycles. The van der Waals surface area contributed by atoms with Crippen molar-refractivity contribution in [3.05, 3.63) is 18.0 Å². The Bertz CT molecular complexity index is 470. The lowest BCUT2D eigenvalue weighted by molar-refractivity contribution is 0.00675. The molecule has 18 heavy (non-hydrogen) atoms. The van der Waals surface area contributed by atoms with Gasteiger partial charge in [-0.1, -0.05) is 5.16 Å². The number of aryl methyl sites for hydroxylation is 1. The number of nitrogens with zero attached hydrogens (tertiary/aromatic N) is 4. The Labute approximate surface area is 104 Å². The summed E-state index contributed by atoms with van der Waals surface area (Å²) in [6.07, 6.45) is 2.59. The molecule has 1 unspecified atom stereocenters. The third kappa shape index (κ3) is 2.43. The van der Waals surface area contributed by atoms with E-state index < -0.39 is 6.10 Å². The molecule has 98 valence electrons. The molecule has 3 N–H and O–H groups in total. The highest BCUT2D eigenvalue weighted by molar-refractivity contribution is 5.94. The lowest BCUT2D eigenvalue weighted by Gasteiger charge is -2.31. The number of hydrogen-bond donors (Lipinski definition) is 2. The summed E-state index contributed by atoms with van der Waals surface area (Å²) in [4.78, 5) is 13.7. The fraction of sp³-hybridized carbons (Fsp3) is 0.500. The number of carbonyl (C=O) groups is 1. The van der Waals surface area contributed by atoms with E-state index in [1.165, 1.54) is 6.20 Å². The summed E-state index contributed by atoms with van der Waals surface area (Å²) in [7, 11) is 1.75. The Balaban J connectivity index is 2.07. The van der Waals surface area contributed by atoms with Gasteiger partial charge in [0.05, 0.1) is 24.9 Å². The molecule has 1 aromatic rings. The van der Waals surface area contributed by atoms with E-state index >= 15 is 0 Å². The van der Waals surface area contributed by atoms with Crippen LogP contribution in [0, 0.1) is 0 Å². The quantitative estimate of drug-likeness (QED) is 0.304. The highest BCUT2D eigenvalue weighted by atomic mass is 16.5. The van der Waals surface area contributed by atoms with Crippen LogP contribution in [0.3, 0.4) is 0 Å². The molecule has 8 heteroatoms. The van der Waals surface area contributed by atoms with Crippen molar-refractivity contribution < 1.29 is 14.7 Å². The number of hydrogen-bond acceptors (Lipinski definition) is 5. The van der Waals surface area contributed by atoms with Gasteiger partial charge in [0.15, 0.2) is 5.84 Å². The van der Waals surface area contributed by atoms with E-state index in [1.54, 1.807) is 22.8 Å². The fourth-order valence-corrected chi connectivity index (χ4v) is 1.79. The molecule has 1 aliphatic heterocycles. The zero-order chi connectivity index (χ0) is 13.1. The standard InChI is InChI=1S/C10H15N5O3/c1-14-5-7(4-12-14)10(16)15-2-3-18-8(6-15)9(11)13-17/h4-5,8,17H,2-3,6H2,1H3,(H2,11,13). The summed E-state index contributed by atoms with van der Waals surface area (Å²) in [5.41, 5.74) is 5.99. The lowest BCUT2D eigenvalue weighted by atomic mass is 10.2. The molecule has 0 radical (unpaired) electrons. The maximum absolute atomic E-state index is 12.1. The molecule has 8 nitrogen and oxygen atoms in total. The Hall–Kier alpha value is -2.09. The van der Waals surface area contributed by atoms with Crippen molar-refractivity contribution in [2.45, 2.75) is 6.10 Å². The second-order valence-electron chi connectivity index (χ2n) is 4.04. The van der Waals surface area contributed by atoms with E-state index in [0.717, 1.165) is 0 Å². The van der Waals surface area contributed by atoms with Crippen molar-refractivity contribution in [3.8, 4) is 0 Å². The molecule has 0 aromatic carbocycles. The van der Waals surface area contributed by atoms with Crippen LogP contribution in [0.1, 0.15) is 10.4 Å². The summed E-state index contributed by atoms with van der Waals surface area (Å²) >= 11 is 0. The van der Waals surface area contributed by atoms with Crippen LogP contribution in [0.2, 0.25) is 0 Å². The summed E-state index contributed by atoms with van der Waals surface area (Å²) in [5.74, 6) is -0.166. The molecule has 0 aliphatic carbocycles. The number of rotatable bonds is 2. The fourth-order valence-electron chi connectivity index (χ4n) is 1.79. The summed E-state index contributed by atoms with van der Waals surface area (Å²) < 4.78 is 6.89. The van der Waals surface area contributed by atoms with E-state index in [9.17, 15) is 4.79 Å². The highest BCUT2D eigenvalue weighted by Gasteiger charge is 2.28. The number of amidine groups is 1. The SMILES string of the molecule is Cn1cc(C(=O)N2CCOC(C(N)=NO)C2)cn1. The number of ether oxygens (including phenoxy) is 1. The molecule has 1 atom stereocenters. The maximum Gasteiger partial charge on any atom is 0.257 e. The number of nitrogens with two attached hydrogens (primary N) is 1. The first-order chi connectivity index (χ1) is 8.61. The normalized spacial score (nSPS) is 21.1. The summed E-state index contributed by atoms with van der Waals surface area (Å²) in [6, 6.07) is 0. The van der Waals surface area contributed by atoms with E-state index in [4.69, 9.17) is 15.7 Å².